The molecule has 0 fully saturated rings. The molecule has 0 atom stereocenters. The highest BCUT2D eigenvalue weighted by atomic mass is 19.3. The Hall–Kier alpha value is -1.98. The zero-order chi connectivity index (χ0) is 14.0. The molecule has 1 N–H and O–H groups in total. The van der Waals surface area contributed by atoms with E-state index in [2.05, 4.69) is 15.4 Å². The SMILES string of the molecule is CC(C)(C)Nc1nc(C(F)F)nn1-c1ccccc1. The van der Waals surface area contributed by atoms with Gasteiger partial charge in [-0.1, -0.05) is 18.2 Å². The molecule has 102 valence electrons. The number of rotatable bonds is 3. The van der Waals surface area contributed by atoms with Gasteiger partial charge in [-0.25, -0.2) is 8.78 Å². The van der Waals surface area contributed by atoms with E-state index in [9.17, 15) is 8.78 Å². The van der Waals surface area contributed by atoms with E-state index in [1.54, 1.807) is 12.1 Å². The van der Waals surface area contributed by atoms with E-state index in [4.69, 9.17) is 0 Å². The minimum absolute atomic E-state index is 0.293. The Morgan fingerprint density at radius 3 is 2.32 bits per heavy atom. The van der Waals surface area contributed by atoms with E-state index in [1.165, 1.54) is 4.68 Å². The van der Waals surface area contributed by atoms with Crippen LogP contribution in [-0.2, 0) is 0 Å². The lowest BCUT2D eigenvalue weighted by Crippen LogP contribution is -2.28. The molecule has 4 nitrogen and oxygen atoms in total. The fourth-order valence-electron chi connectivity index (χ4n) is 1.59. The van der Waals surface area contributed by atoms with E-state index in [0.717, 1.165) is 0 Å². The fourth-order valence-corrected chi connectivity index (χ4v) is 1.59. The number of hydrogen-bond donors (Lipinski definition) is 1. The van der Waals surface area contributed by atoms with Gasteiger partial charge >= 0.3 is 0 Å². The Morgan fingerprint density at radius 2 is 1.79 bits per heavy atom. The second kappa shape index (κ2) is 4.95. The molecule has 0 aliphatic carbocycles. The maximum atomic E-state index is 12.7. The highest BCUT2D eigenvalue weighted by molar-refractivity contribution is 5.41. The van der Waals surface area contributed by atoms with Gasteiger partial charge in [-0.15, -0.1) is 5.10 Å². The molecule has 1 heterocycles. The number of alkyl halides is 2. The summed E-state index contributed by atoms with van der Waals surface area (Å²) in [5.41, 5.74) is 0.396. The Balaban J connectivity index is 2.46. The van der Waals surface area contributed by atoms with Gasteiger partial charge in [-0.3, -0.25) is 0 Å². The first-order valence-electron chi connectivity index (χ1n) is 5.95. The van der Waals surface area contributed by atoms with Crippen LogP contribution in [0.3, 0.4) is 0 Å². The van der Waals surface area contributed by atoms with E-state index in [0.29, 0.717) is 11.6 Å². The topological polar surface area (TPSA) is 42.7 Å². The van der Waals surface area contributed by atoms with Gasteiger partial charge in [0.05, 0.1) is 5.69 Å². The maximum absolute atomic E-state index is 12.7. The van der Waals surface area contributed by atoms with Gasteiger partial charge in [0.1, 0.15) is 0 Å². The van der Waals surface area contributed by atoms with Crippen LogP contribution < -0.4 is 5.32 Å². The third kappa shape index (κ3) is 3.27. The largest absolute Gasteiger partial charge is 0.350 e. The number of nitrogens with zero attached hydrogens (tertiary/aromatic N) is 3. The molecule has 1 aromatic carbocycles. The summed E-state index contributed by atoms with van der Waals surface area (Å²) in [6.45, 7) is 5.79. The number of para-hydroxylation sites is 1. The van der Waals surface area contributed by atoms with Crippen LogP contribution >= 0.6 is 0 Å². The lowest BCUT2D eigenvalue weighted by Gasteiger charge is -2.21. The van der Waals surface area contributed by atoms with Gasteiger partial charge < -0.3 is 5.32 Å². The summed E-state index contributed by atoms with van der Waals surface area (Å²) < 4.78 is 26.9. The van der Waals surface area contributed by atoms with Gasteiger partial charge in [0.15, 0.2) is 0 Å². The lowest BCUT2D eigenvalue weighted by molar-refractivity contribution is 0.140. The maximum Gasteiger partial charge on any atom is 0.299 e. The normalized spacial score (nSPS) is 11.9. The molecule has 0 saturated heterocycles. The van der Waals surface area contributed by atoms with Crippen LogP contribution in [0.5, 0.6) is 0 Å². The smallest absolute Gasteiger partial charge is 0.299 e. The Bertz CT molecular complexity index is 544. The summed E-state index contributed by atoms with van der Waals surface area (Å²) in [4.78, 5) is 3.86. The van der Waals surface area contributed by atoms with Crippen LogP contribution in [0.25, 0.3) is 5.69 Å². The molecule has 2 aromatic rings. The monoisotopic (exact) mass is 266 g/mol. The van der Waals surface area contributed by atoms with Gasteiger partial charge in [0.25, 0.3) is 6.43 Å². The minimum atomic E-state index is -2.69. The van der Waals surface area contributed by atoms with Crippen molar-refractivity contribution < 1.29 is 8.78 Å². The number of aromatic nitrogens is 3. The standard InChI is InChI=1S/C13H16F2N4/c1-13(2,3)17-12-16-11(10(14)15)18-19(12)9-7-5-4-6-8-9/h4-8,10H,1-3H3,(H,16,17,18). The number of nitrogens with one attached hydrogen (secondary N) is 1. The second-order valence-corrected chi connectivity index (χ2v) is 5.22. The molecule has 2 rings (SSSR count). The molecule has 1 aromatic heterocycles. The van der Waals surface area contributed by atoms with Gasteiger partial charge in [0.2, 0.25) is 11.8 Å². The van der Waals surface area contributed by atoms with E-state index in [-0.39, 0.29) is 5.54 Å². The average Bonchev–Trinajstić information content (AvgIpc) is 2.72. The number of hydrogen-bond acceptors (Lipinski definition) is 3. The molecule has 0 aliphatic heterocycles. The molecular weight excluding hydrogens is 250 g/mol. The van der Waals surface area contributed by atoms with E-state index in [1.807, 2.05) is 39.0 Å². The molecule has 0 radical (unpaired) electrons. The summed E-state index contributed by atoms with van der Waals surface area (Å²) in [5, 5.41) is 6.94. The van der Waals surface area contributed by atoms with Crippen LogP contribution in [0, 0.1) is 0 Å². The van der Waals surface area contributed by atoms with Gasteiger partial charge in [-0.2, -0.15) is 9.67 Å². The van der Waals surface area contributed by atoms with Crippen molar-refractivity contribution in [1.29, 1.82) is 0 Å². The first-order valence-corrected chi connectivity index (χ1v) is 5.95. The number of anilines is 1. The Kier molecular flexibility index (Phi) is 3.50. The third-order valence-corrected chi connectivity index (χ3v) is 2.31. The van der Waals surface area contributed by atoms with Crippen molar-refractivity contribution in [2.24, 2.45) is 0 Å². The third-order valence-electron chi connectivity index (χ3n) is 2.31. The molecule has 6 heteroatoms. The molecule has 0 saturated carbocycles. The van der Waals surface area contributed by atoms with Crippen molar-refractivity contribution in [3.63, 3.8) is 0 Å². The highest BCUT2D eigenvalue weighted by Crippen LogP contribution is 2.22. The molecule has 0 bridgehead atoms. The van der Waals surface area contributed by atoms with Crippen molar-refractivity contribution in [3.05, 3.63) is 36.2 Å². The van der Waals surface area contributed by atoms with E-state index >= 15 is 0 Å². The quantitative estimate of drug-likeness (QED) is 0.925. The summed E-state index contributed by atoms with van der Waals surface area (Å²) in [6.07, 6.45) is -2.69. The molecular formula is C13H16F2N4. The van der Waals surface area contributed by atoms with Gasteiger partial charge in [0, 0.05) is 5.54 Å². The highest BCUT2D eigenvalue weighted by Gasteiger charge is 2.21. The Morgan fingerprint density at radius 1 is 1.16 bits per heavy atom. The summed E-state index contributed by atoms with van der Waals surface area (Å²) in [7, 11) is 0. The predicted octanol–water partition coefficient (Wildman–Crippen LogP) is 3.42. The van der Waals surface area contributed by atoms with Crippen molar-refractivity contribution in [2.45, 2.75) is 32.7 Å². The summed E-state index contributed by atoms with van der Waals surface area (Å²) >= 11 is 0. The van der Waals surface area contributed by atoms with Crippen molar-refractivity contribution >= 4 is 5.95 Å². The van der Waals surface area contributed by atoms with Crippen molar-refractivity contribution in [1.82, 2.24) is 14.8 Å². The van der Waals surface area contributed by atoms with Crippen LogP contribution in [0.15, 0.2) is 30.3 Å². The number of benzene rings is 1. The minimum Gasteiger partial charge on any atom is -0.350 e. The van der Waals surface area contributed by atoms with Crippen LogP contribution in [0.1, 0.15) is 33.0 Å². The molecule has 0 spiro atoms. The summed E-state index contributed by atoms with van der Waals surface area (Å²) in [5.74, 6) is -0.162. The first kappa shape index (κ1) is 13.5. The summed E-state index contributed by atoms with van der Waals surface area (Å²) in [6, 6.07) is 9.07. The molecule has 0 aliphatic rings. The van der Waals surface area contributed by atoms with Crippen LogP contribution in [0.2, 0.25) is 0 Å². The fraction of sp³-hybridized carbons (Fsp3) is 0.385. The first-order chi connectivity index (χ1) is 8.87. The van der Waals surface area contributed by atoms with E-state index < -0.39 is 12.2 Å². The zero-order valence-electron chi connectivity index (χ0n) is 11.1. The molecule has 0 amide bonds. The molecule has 0 unspecified atom stereocenters. The number of halogens is 2. The van der Waals surface area contributed by atoms with Crippen LogP contribution in [-0.4, -0.2) is 20.3 Å². The van der Waals surface area contributed by atoms with Crippen molar-refractivity contribution in [3.8, 4) is 5.69 Å². The Labute approximate surface area is 110 Å². The lowest BCUT2D eigenvalue weighted by atomic mass is 10.1. The van der Waals surface area contributed by atoms with Gasteiger partial charge in [-0.05, 0) is 32.9 Å². The van der Waals surface area contributed by atoms with Crippen LogP contribution in [0.4, 0.5) is 14.7 Å². The average molecular weight is 266 g/mol. The molecule has 19 heavy (non-hydrogen) atoms. The predicted molar refractivity (Wildman–Crippen MR) is 69.7 cm³/mol. The second-order valence-electron chi connectivity index (χ2n) is 5.22. The zero-order valence-corrected chi connectivity index (χ0v) is 11.1. The van der Waals surface area contributed by atoms with Crippen molar-refractivity contribution in [2.75, 3.05) is 5.32 Å².